The molecule has 2 aromatic rings. The number of Topliss-reactive ketones (excluding diaryl/α,β-unsaturated/α-hetero) is 1. The second kappa shape index (κ2) is 10.4. The van der Waals surface area contributed by atoms with E-state index in [0.717, 1.165) is 68.3 Å². The van der Waals surface area contributed by atoms with Crippen molar-refractivity contribution >= 4 is 5.78 Å². The molecule has 2 aromatic carbocycles. The number of hydrogen-bond acceptors (Lipinski definition) is 3. The molecule has 168 valence electrons. The van der Waals surface area contributed by atoms with Crippen LogP contribution in [0.15, 0.2) is 48.5 Å². The van der Waals surface area contributed by atoms with E-state index >= 15 is 0 Å². The molecule has 1 fully saturated rings. The molecular formula is C25H31F3N2O. The number of ketones is 1. The van der Waals surface area contributed by atoms with Crippen molar-refractivity contribution in [2.24, 2.45) is 5.92 Å². The minimum absolute atomic E-state index is 0.0770. The Morgan fingerprint density at radius 2 is 1.87 bits per heavy atom. The van der Waals surface area contributed by atoms with Crippen molar-refractivity contribution in [3.63, 3.8) is 0 Å². The summed E-state index contributed by atoms with van der Waals surface area (Å²) in [7, 11) is 2.10. The van der Waals surface area contributed by atoms with Gasteiger partial charge in [-0.25, -0.2) is 0 Å². The maximum atomic E-state index is 12.9. The minimum Gasteiger partial charge on any atom is -0.303 e. The number of hydrogen-bond donors (Lipinski definition) is 0. The van der Waals surface area contributed by atoms with Gasteiger partial charge in [-0.15, -0.1) is 0 Å². The SMILES string of the molecule is CC(=O)c1cccc(CN(C)CC2CCCN(CCc3cccc(C(F)(F)F)c3)C2)c1. The minimum atomic E-state index is -4.29. The molecule has 0 N–H and O–H groups in total. The van der Waals surface area contributed by atoms with E-state index in [1.54, 1.807) is 13.0 Å². The molecule has 3 rings (SSSR count). The van der Waals surface area contributed by atoms with Crippen LogP contribution >= 0.6 is 0 Å². The normalized spacial score (nSPS) is 17.8. The first kappa shape index (κ1) is 23.5. The van der Waals surface area contributed by atoms with Gasteiger partial charge in [0.15, 0.2) is 5.78 Å². The number of benzene rings is 2. The number of piperidine rings is 1. The van der Waals surface area contributed by atoms with Crippen LogP contribution in [-0.2, 0) is 19.1 Å². The third kappa shape index (κ3) is 7.18. The maximum Gasteiger partial charge on any atom is 0.416 e. The number of nitrogens with zero attached hydrogens (tertiary/aromatic N) is 2. The molecule has 1 aliphatic rings. The maximum absolute atomic E-state index is 12.9. The molecule has 0 saturated carbocycles. The van der Waals surface area contributed by atoms with Crippen molar-refractivity contribution in [3.8, 4) is 0 Å². The zero-order chi connectivity index (χ0) is 22.4. The number of alkyl halides is 3. The molecule has 1 heterocycles. The van der Waals surface area contributed by atoms with Crippen LogP contribution in [0, 0.1) is 5.92 Å². The fraction of sp³-hybridized carbons (Fsp3) is 0.480. The highest BCUT2D eigenvalue weighted by Gasteiger charge is 2.30. The van der Waals surface area contributed by atoms with Gasteiger partial charge in [-0.1, -0.05) is 36.4 Å². The highest BCUT2D eigenvalue weighted by Crippen LogP contribution is 2.29. The van der Waals surface area contributed by atoms with Crippen LogP contribution < -0.4 is 0 Å². The molecule has 6 heteroatoms. The molecular weight excluding hydrogens is 401 g/mol. The number of carbonyl (C=O) groups is 1. The molecule has 0 spiro atoms. The highest BCUT2D eigenvalue weighted by molar-refractivity contribution is 5.94. The molecule has 1 atom stereocenters. The monoisotopic (exact) mass is 432 g/mol. The molecule has 1 unspecified atom stereocenters. The predicted octanol–water partition coefficient (Wildman–Crippen LogP) is 5.29. The van der Waals surface area contributed by atoms with Gasteiger partial charge in [-0.05, 0) is 69.0 Å². The molecule has 0 aromatic heterocycles. The smallest absolute Gasteiger partial charge is 0.303 e. The van der Waals surface area contributed by atoms with E-state index in [-0.39, 0.29) is 5.78 Å². The number of halogens is 3. The van der Waals surface area contributed by atoms with Crippen molar-refractivity contribution in [1.29, 1.82) is 0 Å². The van der Waals surface area contributed by atoms with E-state index < -0.39 is 11.7 Å². The lowest BCUT2D eigenvalue weighted by molar-refractivity contribution is -0.137. The summed E-state index contributed by atoms with van der Waals surface area (Å²) in [5, 5.41) is 0. The van der Waals surface area contributed by atoms with Crippen LogP contribution in [0.2, 0.25) is 0 Å². The third-order valence-corrected chi connectivity index (χ3v) is 5.93. The van der Waals surface area contributed by atoms with Crippen LogP contribution in [0.4, 0.5) is 13.2 Å². The molecule has 31 heavy (non-hydrogen) atoms. The standard InChI is InChI=1S/C25H31F3N2O/c1-19(31)23-9-3-7-21(14-23)16-29(2)17-22-8-5-12-30(18-22)13-11-20-6-4-10-24(15-20)25(26,27)28/h3-4,6-7,9-10,14-15,22H,5,8,11-13,16-18H2,1-2H3. The Morgan fingerprint density at radius 1 is 1.13 bits per heavy atom. The Bertz CT molecular complexity index is 881. The fourth-order valence-electron chi connectivity index (χ4n) is 4.40. The Labute approximate surface area is 182 Å². The zero-order valence-electron chi connectivity index (χ0n) is 18.3. The fourth-order valence-corrected chi connectivity index (χ4v) is 4.40. The second-order valence-electron chi connectivity index (χ2n) is 8.71. The Balaban J connectivity index is 1.49. The van der Waals surface area contributed by atoms with Crippen LogP contribution in [0.25, 0.3) is 0 Å². The van der Waals surface area contributed by atoms with E-state index in [9.17, 15) is 18.0 Å². The van der Waals surface area contributed by atoms with E-state index in [1.807, 2.05) is 24.3 Å². The van der Waals surface area contributed by atoms with Gasteiger partial charge < -0.3 is 9.80 Å². The van der Waals surface area contributed by atoms with Crippen molar-refractivity contribution in [1.82, 2.24) is 9.80 Å². The molecule has 0 radical (unpaired) electrons. The van der Waals surface area contributed by atoms with Gasteiger partial charge in [0, 0.05) is 31.7 Å². The Morgan fingerprint density at radius 3 is 2.61 bits per heavy atom. The van der Waals surface area contributed by atoms with Crippen molar-refractivity contribution in [2.45, 2.75) is 38.9 Å². The first-order valence-corrected chi connectivity index (χ1v) is 10.9. The first-order valence-electron chi connectivity index (χ1n) is 10.9. The molecule has 0 amide bonds. The van der Waals surface area contributed by atoms with Gasteiger partial charge in [-0.2, -0.15) is 13.2 Å². The summed E-state index contributed by atoms with van der Waals surface area (Å²) in [6.07, 6.45) is -1.39. The average Bonchev–Trinajstić information content (AvgIpc) is 2.72. The van der Waals surface area contributed by atoms with Crippen LogP contribution in [0.3, 0.4) is 0 Å². The van der Waals surface area contributed by atoms with E-state index in [2.05, 4.69) is 16.8 Å². The van der Waals surface area contributed by atoms with Crippen molar-refractivity contribution in [2.75, 3.05) is 33.2 Å². The quantitative estimate of drug-likeness (QED) is 0.529. The van der Waals surface area contributed by atoms with E-state index in [0.29, 0.717) is 12.3 Å². The lowest BCUT2D eigenvalue weighted by Gasteiger charge is -2.35. The lowest BCUT2D eigenvalue weighted by Crippen LogP contribution is -2.40. The summed E-state index contributed by atoms with van der Waals surface area (Å²) >= 11 is 0. The predicted molar refractivity (Wildman–Crippen MR) is 117 cm³/mol. The highest BCUT2D eigenvalue weighted by atomic mass is 19.4. The zero-order valence-corrected chi connectivity index (χ0v) is 18.3. The van der Waals surface area contributed by atoms with Gasteiger partial charge in [0.25, 0.3) is 0 Å². The summed E-state index contributed by atoms with van der Waals surface area (Å²) in [5.41, 5.74) is 2.04. The number of rotatable bonds is 8. The molecule has 1 aliphatic heterocycles. The topological polar surface area (TPSA) is 23.6 Å². The first-order chi connectivity index (χ1) is 14.7. The van der Waals surface area contributed by atoms with E-state index in [1.165, 1.54) is 12.1 Å². The molecule has 3 nitrogen and oxygen atoms in total. The molecule has 0 bridgehead atoms. The average molecular weight is 433 g/mol. The summed E-state index contributed by atoms with van der Waals surface area (Å²) in [5.74, 6) is 0.615. The van der Waals surface area contributed by atoms with Crippen molar-refractivity contribution in [3.05, 3.63) is 70.8 Å². The van der Waals surface area contributed by atoms with Gasteiger partial charge in [0.2, 0.25) is 0 Å². The third-order valence-electron chi connectivity index (χ3n) is 5.93. The lowest BCUT2D eigenvalue weighted by atomic mass is 9.96. The molecule has 1 saturated heterocycles. The second-order valence-corrected chi connectivity index (χ2v) is 8.71. The Kier molecular flexibility index (Phi) is 7.89. The summed E-state index contributed by atoms with van der Waals surface area (Å²) < 4.78 is 38.8. The van der Waals surface area contributed by atoms with Crippen LogP contribution in [0.5, 0.6) is 0 Å². The Hall–Kier alpha value is -2.18. The largest absolute Gasteiger partial charge is 0.416 e. The molecule has 0 aliphatic carbocycles. The van der Waals surface area contributed by atoms with Crippen molar-refractivity contribution < 1.29 is 18.0 Å². The summed E-state index contributed by atoms with van der Waals surface area (Å²) in [6, 6.07) is 13.4. The summed E-state index contributed by atoms with van der Waals surface area (Å²) in [4.78, 5) is 16.3. The van der Waals surface area contributed by atoms with E-state index in [4.69, 9.17) is 0 Å². The number of carbonyl (C=O) groups excluding carboxylic acids is 1. The van der Waals surface area contributed by atoms with Gasteiger partial charge >= 0.3 is 6.18 Å². The van der Waals surface area contributed by atoms with Crippen LogP contribution in [-0.4, -0.2) is 48.8 Å². The number of likely N-dealkylation sites (tertiary alicyclic amines) is 1. The van der Waals surface area contributed by atoms with Gasteiger partial charge in [-0.3, -0.25) is 4.79 Å². The van der Waals surface area contributed by atoms with Gasteiger partial charge in [0.05, 0.1) is 5.56 Å². The summed E-state index contributed by atoms with van der Waals surface area (Å²) in [6.45, 7) is 6.09. The van der Waals surface area contributed by atoms with Gasteiger partial charge in [0.1, 0.15) is 0 Å². The van der Waals surface area contributed by atoms with Crippen LogP contribution in [0.1, 0.15) is 46.8 Å².